The summed E-state index contributed by atoms with van der Waals surface area (Å²) in [4.78, 5) is 41.4. The summed E-state index contributed by atoms with van der Waals surface area (Å²) in [7, 11) is 5.09. The lowest BCUT2D eigenvalue weighted by molar-refractivity contribution is 0.0602. The van der Waals surface area contributed by atoms with E-state index in [1.807, 2.05) is 37.2 Å². The largest absolute Gasteiger partial charge is 0.453 e. The molecule has 29 heavy (non-hydrogen) atoms. The Kier molecular flexibility index (Phi) is 4.68. The number of rotatable bonds is 4. The first kappa shape index (κ1) is 18.9. The monoisotopic (exact) mass is 391 g/mol. The summed E-state index contributed by atoms with van der Waals surface area (Å²) in [5.41, 5.74) is 1.55. The van der Waals surface area contributed by atoms with Crippen LogP contribution in [0.2, 0.25) is 0 Å². The van der Waals surface area contributed by atoms with Gasteiger partial charge in [-0.3, -0.25) is 19.8 Å². The van der Waals surface area contributed by atoms with Gasteiger partial charge in [0.25, 0.3) is 11.8 Å². The van der Waals surface area contributed by atoms with Gasteiger partial charge in [0.15, 0.2) is 0 Å². The standard InChI is InChI=1S/C22H21N3O4/c1-24(2)10-11-25-20(26)15-8-4-6-13-12-16-14(19(18(13)15)21(25)27)7-5-9-17(16)23-22(28)29-3/h4-9,12H,10-11H2,1-3H3,(H,23,28). The van der Waals surface area contributed by atoms with Crippen LogP contribution in [0.4, 0.5) is 10.5 Å². The van der Waals surface area contributed by atoms with Gasteiger partial charge in [0.2, 0.25) is 0 Å². The van der Waals surface area contributed by atoms with E-state index in [1.165, 1.54) is 12.0 Å². The SMILES string of the molecule is COC(=O)Nc1cccc2c3c4c(cccc4cc12)C(=O)N(CCN(C)C)C3=O. The van der Waals surface area contributed by atoms with Crippen LogP contribution in [-0.2, 0) is 4.74 Å². The number of ether oxygens (including phenoxy) is 1. The maximum Gasteiger partial charge on any atom is 0.411 e. The van der Waals surface area contributed by atoms with Crippen molar-refractivity contribution in [1.29, 1.82) is 0 Å². The molecule has 1 aliphatic rings. The predicted octanol–water partition coefficient (Wildman–Crippen LogP) is 3.33. The molecule has 0 bridgehead atoms. The second kappa shape index (κ2) is 7.18. The van der Waals surface area contributed by atoms with E-state index in [1.54, 1.807) is 24.3 Å². The summed E-state index contributed by atoms with van der Waals surface area (Å²) in [5.74, 6) is -0.598. The van der Waals surface area contributed by atoms with Crippen molar-refractivity contribution < 1.29 is 19.1 Å². The lowest BCUT2D eigenvalue weighted by Crippen LogP contribution is -2.43. The van der Waals surface area contributed by atoms with E-state index in [9.17, 15) is 14.4 Å². The molecule has 0 saturated heterocycles. The number of anilines is 1. The third-order valence-electron chi connectivity index (χ3n) is 5.15. The van der Waals surface area contributed by atoms with E-state index >= 15 is 0 Å². The summed E-state index contributed by atoms with van der Waals surface area (Å²) in [6.07, 6.45) is -0.589. The van der Waals surface area contributed by atoms with Crippen molar-refractivity contribution in [2.24, 2.45) is 0 Å². The van der Waals surface area contributed by atoms with Gasteiger partial charge in [-0.25, -0.2) is 4.79 Å². The molecule has 0 saturated carbocycles. The van der Waals surface area contributed by atoms with Gasteiger partial charge in [0, 0.05) is 29.4 Å². The van der Waals surface area contributed by atoms with Crippen molar-refractivity contribution in [1.82, 2.24) is 9.80 Å². The van der Waals surface area contributed by atoms with Gasteiger partial charge in [-0.1, -0.05) is 24.3 Å². The van der Waals surface area contributed by atoms with Gasteiger partial charge in [0.05, 0.1) is 18.4 Å². The van der Waals surface area contributed by atoms with Crippen LogP contribution in [-0.4, -0.2) is 62.0 Å². The van der Waals surface area contributed by atoms with E-state index in [0.717, 1.165) is 5.39 Å². The predicted molar refractivity (Wildman–Crippen MR) is 111 cm³/mol. The zero-order valence-corrected chi connectivity index (χ0v) is 16.5. The van der Waals surface area contributed by atoms with Crippen molar-refractivity contribution in [2.75, 3.05) is 39.6 Å². The third kappa shape index (κ3) is 3.09. The molecule has 3 amide bonds. The lowest BCUT2D eigenvalue weighted by atomic mass is 9.89. The third-order valence-corrected chi connectivity index (χ3v) is 5.15. The Balaban J connectivity index is 1.98. The van der Waals surface area contributed by atoms with Crippen LogP contribution in [0.3, 0.4) is 0 Å². The molecule has 0 radical (unpaired) electrons. The molecule has 7 heteroatoms. The normalized spacial score (nSPS) is 13.4. The van der Waals surface area contributed by atoms with Crippen LogP contribution in [0.1, 0.15) is 20.7 Å². The highest BCUT2D eigenvalue weighted by atomic mass is 16.5. The van der Waals surface area contributed by atoms with Crippen molar-refractivity contribution in [3.63, 3.8) is 0 Å². The summed E-state index contributed by atoms with van der Waals surface area (Å²) < 4.78 is 4.71. The Labute approximate surface area is 167 Å². The van der Waals surface area contributed by atoms with Crippen LogP contribution in [0.5, 0.6) is 0 Å². The number of amides is 3. The maximum atomic E-state index is 13.4. The molecular weight excluding hydrogens is 370 g/mol. The van der Waals surface area contributed by atoms with Gasteiger partial charge in [0.1, 0.15) is 0 Å². The first-order valence-corrected chi connectivity index (χ1v) is 9.26. The lowest BCUT2D eigenvalue weighted by Gasteiger charge is -2.29. The van der Waals surface area contributed by atoms with Gasteiger partial charge in [-0.2, -0.15) is 0 Å². The number of nitrogens with one attached hydrogen (secondary N) is 1. The molecule has 1 heterocycles. The van der Waals surface area contributed by atoms with E-state index < -0.39 is 6.09 Å². The summed E-state index contributed by atoms with van der Waals surface area (Å²) in [6, 6.07) is 12.7. The molecule has 1 aliphatic heterocycles. The number of carbonyl (C=O) groups is 3. The van der Waals surface area contributed by atoms with Gasteiger partial charge >= 0.3 is 6.09 Å². The fourth-order valence-corrected chi connectivity index (χ4v) is 3.74. The molecule has 3 aromatic rings. The molecule has 7 nitrogen and oxygen atoms in total. The fourth-order valence-electron chi connectivity index (χ4n) is 3.74. The minimum absolute atomic E-state index is 0.279. The molecule has 0 aliphatic carbocycles. The Morgan fingerprint density at radius 2 is 1.83 bits per heavy atom. The highest BCUT2D eigenvalue weighted by molar-refractivity contribution is 6.31. The van der Waals surface area contributed by atoms with Crippen LogP contribution >= 0.6 is 0 Å². The van der Waals surface area contributed by atoms with E-state index in [4.69, 9.17) is 4.74 Å². The zero-order chi connectivity index (χ0) is 20.7. The topological polar surface area (TPSA) is 79.0 Å². The Morgan fingerprint density at radius 3 is 2.55 bits per heavy atom. The van der Waals surface area contributed by atoms with Crippen molar-refractivity contribution >= 4 is 45.1 Å². The molecule has 148 valence electrons. The van der Waals surface area contributed by atoms with E-state index in [2.05, 4.69) is 5.32 Å². The van der Waals surface area contributed by atoms with Crippen molar-refractivity contribution in [2.45, 2.75) is 0 Å². The van der Waals surface area contributed by atoms with Crippen molar-refractivity contribution in [3.05, 3.63) is 53.6 Å². The Hall–Kier alpha value is -3.45. The molecule has 0 atom stereocenters. The van der Waals surface area contributed by atoms with E-state index in [0.29, 0.717) is 46.1 Å². The number of carbonyl (C=O) groups excluding carboxylic acids is 3. The number of hydrogen-bond donors (Lipinski definition) is 1. The summed E-state index contributed by atoms with van der Waals surface area (Å²) in [5, 5.41) is 5.53. The Bertz CT molecular complexity index is 1170. The van der Waals surface area contributed by atoms with Gasteiger partial charge < -0.3 is 9.64 Å². The minimum atomic E-state index is -0.589. The molecule has 0 aromatic heterocycles. The molecule has 0 spiro atoms. The first-order chi connectivity index (χ1) is 13.9. The minimum Gasteiger partial charge on any atom is -0.453 e. The zero-order valence-electron chi connectivity index (χ0n) is 16.5. The van der Waals surface area contributed by atoms with Crippen LogP contribution in [0, 0.1) is 0 Å². The fraction of sp³-hybridized carbons (Fsp3) is 0.227. The second-order valence-corrected chi connectivity index (χ2v) is 7.24. The number of fused-ring (bicyclic) bond motifs is 2. The molecule has 1 N–H and O–H groups in total. The number of hydrogen-bond acceptors (Lipinski definition) is 5. The Morgan fingerprint density at radius 1 is 1.07 bits per heavy atom. The number of benzene rings is 3. The van der Waals surface area contributed by atoms with Gasteiger partial charge in [-0.15, -0.1) is 0 Å². The van der Waals surface area contributed by atoms with Gasteiger partial charge in [-0.05, 0) is 43.1 Å². The second-order valence-electron chi connectivity index (χ2n) is 7.24. The molecule has 0 fully saturated rings. The maximum absolute atomic E-state index is 13.4. The highest BCUT2D eigenvalue weighted by Gasteiger charge is 2.34. The molecule has 0 unspecified atom stereocenters. The smallest absolute Gasteiger partial charge is 0.411 e. The average molecular weight is 391 g/mol. The number of imide groups is 1. The first-order valence-electron chi connectivity index (χ1n) is 9.26. The number of methoxy groups -OCH3 is 1. The summed E-state index contributed by atoms with van der Waals surface area (Å²) >= 11 is 0. The highest BCUT2D eigenvalue weighted by Crippen LogP contribution is 2.38. The number of likely N-dealkylation sites (N-methyl/N-ethyl adjacent to an activating group) is 1. The van der Waals surface area contributed by atoms with E-state index in [-0.39, 0.29) is 11.8 Å². The molecule has 4 rings (SSSR count). The average Bonchev–Trinajstić information content (AvgIpc) is 2.70. The van der Waals surface area contributed by atoms with Crippen LogP contribution < -0.4 is 5.32 Å². The van der Waals surface area contributed by atoms with Crippen molar-refractivity contribution in [3.8, 4) is 0 Å². The van der Waals surface area contributed by atoms with Crippen LogP contribution in [0.15, 0.2) is 42.5 Å². The molecule has 3 aromatic carbocycles. The number of nitrogens with zero attached hydrogens (tertiary/aromatic N) is 2. The summed E-state index contributed by atoms with van der Waals surface area (Å²) in [6.45, 7) is 0.875. The quantitative estimate of drug-likeness (QED) is 0.545. The molecular formula is C22H21N3O4. The van der Waals surface area contributed by atoms with Crippen LogP contribution in [0.25, 0.3) is 21.5 Å².